The molecule has 7 heteroatoms. The van der Waals surface area contributed by atoms with Crippen molar-refractivity contribution in [2.75, 3.05) is 42.9 Å². The van der Waals surface area contributed by atoms with Gasteiger partial charge in [-0.2, -0.15) is 0 Å². The van der Waals surface area contributed by atoms with Crippen LogP contribution in [-0.4, -0.2) is 52.6 Å². The molecule has 2 aromatic heterocycles. The maximum Gasteiger partial charge on any atom is 0.225 e. The van der Waals surface area contributed by atoms with Gasteiger partial charge in [0.2, 0.25) is 5.95 Å². The van der Waals surface area contributed by atoms with Gasteiger partial charge in [0.25, 0.3) is 0 Å². The first-order chi connectivity index (χ1) is 10.3. The van der Waals surface area contributed by atoms with E-state index in [2.05, 4.69) is 37.0 Å². The molecule has 0 amide bonds. The fourth-order valence-corrected chi connectivity index (χ4v) is 3.32. The minimum absolute atomic E-state index is 0.837. The van der Waals surface area contributed by atoms with E-state index in [1.165, 1.54) is 4.88 Å². The minimum Gasteiger partial charge on any atom is -0.362 e. The van der Waals surface area contributed by atoms with Gasteiger partial charge in [0, 0.05) is 62.7 Å². The molecule has 0 aliphatic carbocycles. The first-order valence-electron chi connectivity index (χ1n) is 7.28. The molecule has 0 atom stereocenters. The number of aromatic nitrogens is 3. The van der Waals surface area contributed by atoms with Gasteiger partial charge >= 0.3 is 0 Å². The highest BCUT2D eigenvalue weighted by molar-refractivity contribution is 7.15. The first-order valence-corrected chi connectivity index (χ1v) is 8.09. The van der Waals surface area contributed by atoms with Crippen LogP contribution in [0.25, 0.3) is 0 Å². The van der Waals surface area contributed by atoms with Gasteiger partial charge < -0.3 is 10.2 Å². The van der Waals surface area contributed by atoms with E-state index in [9.17, 15) is 0 Å². The van der Waals surface area contributed by atoms with Crippen LogP contribution in [0.3, 0.4) is 0 Å². The molecule has 1 fully saturated rings. The normalized spacial score (nSPS) is 16.1. The van der Waals surface area contributed by atoms with E-state index in [4.69, 9.17) is 0 Å². The zero-order valence-electron chi connectivity index (χ0n) is 12.2. The van der Waals surface area contributed by atoms with Crippen molar-refractivity contribution in [2.24, 2.45) is 0 Å². The molecule has 1 N–H and O–H groups in total. The van der Waals surface area contributed by atoms with E-state index in [1.807, 2.05) is 12.3 Å². The number of piperazine rings is 1. The zero-order valence-corrected chi connectivity index (χ0v) is 13.0. The molecule has 0 radical (unpaired) electrons. The number of thiazole rings is 1. The van der Waals surface area contributed by atoms with Crippen LogP contribution in [0, 0.1) is 0 Å². The summed E-state index contributed by atoms with van der Waals surface area (Å²) < 4.78 is 0. The molecule has 0 bridgehead atoms. The summed E-state index contributed by atoms with van der Waals surface area (Å²) in [4.78, 5) is 19.0. The van der Waals surface area contributed by atoms with E-state index < -0.39 is 0 Å². The highest BCUT2D eigenvalue weighted by Crippen LogP contribution is 2.20. The summed E-state index contributed by atoms with van der Waals surface area (Å²) in [6.07, 6.45) is 5.58. The third-order valence-corrected chi connectivity index (χ3v) is 4.41. The quantitative estimate of drug-likeness (QED) is 0.907. The van der Waals surface area contributed by atoms with Crippen LogP contribution in [-0.2, 0) is 6.54 Å². The van der Waals surface area contributed by atoms with Crippen LogP contribution in [0.2, 0.25) is 0 Å². The van der Waals surface area contributed by atoms with Crippen molar-refractivity contribution in [3.8, 4) is 0 Å². The van der Waals surface area contributed by atoms with Gasteiger partial charge in [-0.25, -0.2) is 15.0 Å². The van der Waals surface area contributed by atoms with Crippen LogP contribution in [0.1, 0.15) is 11.8 Å². The molecule has 3 heterocycles. The van der Waals surface area contributed by atoms with Crippen LogP contribution >= 0.6 is 11.3 Å². The SMILES string of the molecule is CCNc1ncc(CN2CCN(c3ncccn3)CC2)s1. The van der Waals surface area contributed by atoms with Crippen LogP contribution in [0.15, 0.2) is 24.7 Å². The summed E-state index contributed by atoms with van der Waals surface area (Å²) in [6, 6.07) is 1.85. The third-order valence-electron chi connectivity index (χ3n) is 3.47. The summed E-state index contributed by atoms with van der Waals surface area (Å²) in [7, 11) is 0. The highest BCUT2D eigenvalue weighted by Gasteiger charge is 2.19. The lowest BCUT2D eigenvalue weighted by Gasteiger charge is -2.34. The molecule has 3 rings (SSSR count). The lowest BCUT2D eigenvalue weighted by molar-refractivity contribution is 0.250. The molecule has 1 saturated heterocycles. The minimum atomic E-state index is 0.837. The molecular weight excluding hydrogens is 284 g/mol. The Balaban J connectivity index is 1.51. The van der Waals surface area contributed by atoms with Crippen LogP contribution < -0.4 is 10.2 Å². The maximum absolute atomic E-state index is 4.38. The third kappa shape index (κ3) is 3.68. The van der Waals surface area contributed by atoms with E-state index in [0.29, 0.717) is 0 Å². The number of nitrogens with zero attached hydrogens (tertiary/aromatic N) is 5. The number of rotatable bonds is 5. The summed E-state index contributed by atoms with van der Waals surface area (Å²) >= 11 is 1.75. The van der Waals surface area contributed by atoms with E-state index in [0.717, 1.165) is 50.3 Å². The number of hydrogen-bond donors (Lipinski definition) is 1. The van der Waals surface area contributed by atoms with Gasteiger partial charge in [-0.05, 0) is 13.0 Å². The van der Waals surface area contributed by atoms with Gasteiger partial charge in [0.15, 0.2) is 5.13 Å². The Labute approximate surface area is 128 Å². The van der Waals surface area contributed by atoms with Gasteiger partial charge in [-0.3, -0.25) is 4.90 Å². The molecule has 21 heavy (non-hydrogen) atoms. The number of anilines is 2. The average Bonchev–Trinajstić information content (AvgIpc) is 2.97. The van der Waals surface area contributed by atoms with E-state index in [1.54, 1.807) is 23.7 Å². The van der Waals surface area contributed by atoms with Crippen LogP contribution in [0.5, 0.6) is 0 Å². The molecule has 0 unspecified atom stereocenters. The summed E-state index contributed by atoms with van der Waals surface area (Å²) in [5.74, 6) is 0.837. The average molecular weight is 304 g/mol. The fraction of sp³-hybridized carbons (Fsp3) is 0.500. The second kappa shape index (κ2) is 6.82. The summed E-state index contributed by atoms with van der Waals surface area (Å²) in [5, 5.41) is 4.28. The smallest absolute Gasteiger partial charge is 0.225 e. The Hall–Kier alpha value is -1.73. The molecule has 0 spiro atoms. The molecular formula is C14H20N6S. The lowest BCUT2D eigenvalue weighted by Crippen LogP contribution is -2.46. The Morgan fingerprint density at radius 2 is 1.90 bits per heavy atom. The molecule has 112 valence electrons. The Morgan fingerprint density at radius 3 is 2.62 bits per heavy atom. The highest BCUT2D eigenvalue weighted by atomic mass is 32.1. The van der Waals surface area contributed by atoms with Gasteiger partial charge in [-0.1, -0.05) is 0 Å². The Bertz CT molecular complexity index is 550. The lowest BCUT2D eigenvalue weighted by atomic mass is 10.3. The predicted molar refractivity (Wildman–Crippen MR) is 85.8 cm³/mol. The first kappa shape index (κ1) is 14.2. The van der Waals surface area contributed by atoms with Crippen molar-refractivity contribution in [1.29, 1.82) is 0 Å². The zero-order chi connectivity index (χ0) is 14.5. The second-order valence-electron chi connectivity index (χ2n) is 4.97. The van der Waals surface area contributed by atoms with Gasteiger partial charge in [-0.15, -0.1) is 11.3 Å². The molecule has 6 nitrogen and oxygen atoms in total. The monoisotopic (exact) mass is 304 g/mol. The number of hydrogen-bond acceptors (Lipinski definition) is 7. The van der Waals surface area contributed by atoms with Crippen molar-refractivity contribution in [3.05, 3.63) is 29.5 Å². The summed E-state index contributed by atoms with van der Waals surface area (Å²) in [5.41, 5.74) is 0. The molecule has 2 aromatic rings. The second-order valence-corrected chi connectivity index (χ2v) is 6.09. The largest absolute Gasteiger partial charge is 0.362 e. The van der Waals surface area contributed by atoms with Crippen molar-refractivity contribution in [2.45, 2.75) is 13.5 Å². The standard InChI is InChI=1S/C14H20N6S/c1-2-15-14-18-10-12(21-14)11-19-6-8-20(9-7-19)13-16-4-3-5-17-13/h3-5,10H,2,6-9,11H2,1H3,(H,15,18). The van der Waals surface area contributed by atoms with Gasteiger partial charge in [0.05, 0.1) is 0 Å². The van der Waals surface area contributed by atoms with Crippen molar-refractivity contribution < 1.29 is 0 Å². The Kier molecular flexibility index (Phi) is 4.62. The van der Waals surface area contributed by atoms with Gasteiger partial charge in [0.1, 0.15) is 0 Å². The number of nitrogens with one attached hydrogen (secondary N) is 1. The van der Waals surface area contributed by atoms with Crippen molar-refractivity contribution in [1.82, 2.24) is 19.9 Å². The summed E-state index contributed by atoms with van der Waals surface area (Å²) in [6.45, 7) is 8.01. The Morgan fingerprint density at radius 1 is 1.14 bits per heavy atom. The predicted octanol–water partition coefficient (Wildman–Crippen LogP) is 1.69. The fourth-order valence-electron chi connectivity index (χ4n) is 2.39. The molecule has 1 aliphatic rings. The van der Waals surface area contributed by atoms with Crippen molar-refractivity contribution in [3.63, 3.8) is 0 Å². The van der Waals surface area contributed by atoms with Crippen molar-refractivity contribution >= 4 is 22.4 Å². The van der Waals surface area contributed by atoms with E-state index in [-0.39, 0.29) is 0 Å². The molecule has 1 aliphatic heterocycles. The van der Waals surface area contributed by atoms with E-state index >= 15 is 0 Å². The van der Waals surface area contributed by atoms with Crippen LogP contribution in [0.4, 0.5) is 11.1 Å². The molecule has 0 aromatic carbocycles. The maximum atomic E-state index is 4.38. The molecule has 0 saturated carbocycles. The topological polar surface area (TPSA) is 57.2 Å².